The fourth-order valence-corrected chi connectivity index (χ4v) is 3.10. The first-order valence-corrected chi connectivity index (χ1v) is 7.48. The third-order valence-electron chi connectivity index (χ3n) is 4.23. The Labute approximate surface area is 125 Å². The van der Waals surface area contributed by atoms with Crippen molar-refractivity contribution in [3.05, 3.63) is 71.0 Å². The Bertz CT molecular complexity index is 612. The number of hydrogen-bond acceptors (Lipinski definition) is 2. The van der Waals surface area contributed by atoms with E-state index in [9.17, 15) is 4.39 Å². The van der Waals surface area contributed by atoms with Gasteiger partial charge in [0.05, 0.1) is 0 Å². The van der Waals surface area contributed by atoms with E-state index in [1.54, 1.807) is 6.07 Å². The molecule has 0 amide bonds. The Morgan fingerprint density at radius 2 is 1.90 bits per heavy atom. The predicted octanol–water partition coefficient (Wildman–Crippen LogP) is 3.49. The van der Waals surface area contributed by atoms with E-state index in [1.807, 2.05) is 12.1 Å². The molecule has 21 heavy (non-hydrogen) atoms. The van der Waals surface area contributed by atoms with Gasteiger partial charge < -0.3 is 5.32 Å². The quantitative estimate of drug-likeness (QED) is 0.928. The lowest BCUT2D eigenvalue weighted by Gasteiger charge is -2.28. The number of rotatable bonds is 3. The molecule has 2 aromatic rings. The van der Waals surface area contributed by atoms with Gasteiger partial charge in [0.1, 0.15) is 5.82 Å². The number of halogens is 1. The van der Waals surface area contributed by atoms with E-state index >= 15 is 0 Å². The largest absolute Gasteiger partial charge is 0.313 e. The molecule has 1 aliphatic heterocycles. The van der Waals surface area contributed by atoms with Crippen LogP contribution in [0, 0.1) is 5.82 Å². The van der Waals surface area contributed by atoms with Gasteiger partial charge in [-0.1, -0.05) is 42.5 Å². The van der Waals surface area contributed by atoms with E-state index < -0.39 is 0 Å². The minimum absolute atomic E-state index is 0.121. The maximum absolute atomic E-state index is 13.9. The summed E-state index contributed by atoms with van der Waals surface area (Å²) in [6.07, 6.45) is 1.04. The zero-order chi connectivity index (χ0) is 14.7. The van der Waals surface area contributed by atoms with Gasteiger partial charge in [0.2, 0.25) is 0 Å². The molecule has 2 nitrogen and oxygen atoms in total. The molecule has 1 unspecified atom stereocenters. The number of benzene rings is 2. The van der Waals surface area contributed by atoms with Gasteiger partial charge >= 0.3 is 0 Å². The lowest BCUT2D eigenvalue weighted by Crippen LogP contribution is -2.26. The van der Waals surface area contributed by atoms with Crippen LogP contribution in [0.1, 0.15) is 29.2 Å². The van der Waals surface area contributed by atoms with Crippen molar-refractivity contribution in [3.8, 4) is 0 Å². The van der Waals surface area contributed by atoms with Crippen LogP contribution in [0.2, 0.25) is 0 Å². The SMILES string of the molecule is CN(Cc1ccccc1F)C1CCNCc2ccccc21. The smallest absolute Gasteiger partial charge is 0.127 e. The van der Waals surface area contributed by atoms with Crippen molar-refractivity contribution < 1.29 is 4.39 Å². The van der Waals surface area contributed by atoms with Crippen molar-refractivity contribution in [2.75, 3.05) is 13.6 Å². The summed E-state index contributed by atoms with van der Waals surface area (Å²) in [6.45, 7) is 2.53. The Kier molecular flexibility index (Phi) is 4.32. The molecule has 3 rings (SSSR count). The standard InChI is InChI=1S/C18H21FN2/c1-21(13-15-7-3-5-9-17(15)19)18-10-11-20-12-14-6-2-4-8-16(14)18/h2-9,18,20H,10-13H2,1H3. The number of hydrogen-bond donors (Lipinski definition) is 1. The second-order valence-corrected chi connectivity index (χ2v) is 5.69. The van der Waals surface area contributed by atoms with Crippen molar-refractivity contribution in [3.63, 3.8) is 0 Å². The first-order valence-electron chi connectivity index (χ1n) is 7.48. The topological polar surface area (TPSA) is 15.3 Å². The van der Waals surface area contributed by atoms with Gasteiger partial charge in [0.25, 0.3) is 0 Å². The number of nitrogens with one attached hydrogen (secondary N) is 1. The second-order valence-electron chi connectivity index (χ2n) is 5.69. The van der Waals surface area contributed by atoms with Crippen LogP contribution >= 0.6 is 0 Å². The lowest BCUT2D eigenvalue weighted by molar-refractivity contribution is 0.223. The van der Waals surface area contributed by atoms with E-state index in [4.69, 9.17) is 0 Å². The molecule has 0 fully saturated rings. The monoisotopic (exact) mass is 284 g/mol. The van der Waals surface area contributed by atoms with Gasteiger partial charge in [0.15, 0.2) is 0 Å². The molecule has 0 aromatic heterocycles. The van der Waals surface area contributed by atoms with E-state index in [2.05, 4.69) is 41.5 Å². The Morgan fingerprint density at radius 3 is 2.76 bits per heavy atom. The molecule has 0 saturated heterocycles. The summed E-state index contributed by atoms with van der Waals surface area (Å²) in [4.78, 5) is 2.25. The molecule has 110 valence electrons. The summed E-state index contributed by atoms with van der Waals surface area (Å²) in [6, 6.07) is 15.9. The van der Waals surface area contributed by atoms with Crippen LogP contribution in [0.25, 0.3) is 0 Å². The number of fused-ring (bicyclic) bond motifs is 1. The Balaban J connectivity index is 1.84. The molecule has 0 saturated carbocycles. The van der Waals surface area contributed by atoms with Crippen molar-refractivity contribution >= 4 is 0 Å². The molecule has 0 spiro atoms. The van der Waals surface area contributed by atoms with Crippen LogP contribution in [0.3, 0.4) is 0 Å². The normalized spacial score (nSPS) is 18.3. The molecule has 1 atom stereocenters. The van der Waals surface area contributed by atoms with Crippen LogP contribution in [0.15, 0.2) is 48.5 Å². The highest BCUT2D eigenvalue weighted by molar-refractivity contribution is 5.31. The van der Waals surface area contributed by atoms with Crippen LogP contribution in [0.5, 0.6) is 0 Å². The molecule has 0 aliphatic carbocycles. The second kappa shape index (κ2) is 6.37. The molecule has 2 aromatic carbocycles. The van der Waals surface area contributed by atoms with Gasteiger partial charge in [-0.25, -0.2) is 4.39 Å². The first-order chi connectivity index (χ1) is 10.3. The van der Waals surface area contributed by atoms with E-state index in [0.29, 0.717) is 12.6 Å². The van der Waals surface area contributed by atoms with Gasteiger partial charge in [0, 0.05) is 24.7 Å². The Hall–Kier alpha value is -1.71. The minimum atomic E-state index is -0.121. The van der Waals surface area contributed by atoms with Crippen LogP contribution in [-0.4, -0.2) is 18.5 Å². The fraction of sp³-hybridized carbons (Fsp3) is 0.333. The molecular weight excluding hydrogens is 263 g/mol. The molecule has 3 heteroatoms. The van der Waals surface area contributed by atoms with Crippen molar-refractivity contribution in [2.24, 2.45) is 0 Å². The van der Waals surface area contributed by atoms with E-state index in [-0.39, 0.29) is 5.82 Å². The van der Waals surface area contributed by atoms with E-state index in [0.717, 1.165) is 25.1 Å². The molecular formula is C18H21FN2. The molecule has 1 heterocycles. The average molecular weight is 284 g/mol. The predicted molar refractivity (Wildman–Crippen MR) is 83.4 cm³/mol. The van der Waals surface area contributed by atoms with Crippen LogP contribution < -0.4 is 5.32 Å². The van der Waals surface area contributed by atoms with Gasteiger partial charge in [-0.3, -0.25) is 4.90 Å². The summed E-state index contributed by atoms with van der Waals surface area (Å²) in [5.74, 6) is -0.121. The summed E-state index contributed by atoms with van der Waals surface area (Å²) in [7, 11) is 2.08. The molecule has 0 radical (unpaired) electrons. The van der Waals surface area contributed by atoms with Crippen LogP contribution in [-0.2, 0) is 13.1 Å². The third-order valence-corrected chi connectivity index (χ3v) is 4.23. The fourth-order valence-electron chi connectivity index (χ4n) is 3.10. The van der Waals surface area contributed by atoms with Crippen molar-refractivity contribution in [1.82, 2.24) is 10.2 Å². The maximum atomic E-state index is 13.9. The van der Waals surface area contributed by atoms with Gasteiger partial charge in [-0.2, -0.15) is 0 Å². The summed E-state index contributed by atoms with van der Waals surface area (Å²) in [5, 5.41) is 3.46. The summed E-state index contributed by atoms with van der Waals surface area (Å²) < 4.78 is 13.9. The highest BCUT2D eigenvalue weighted by Crippen LogP contribution is 2.29. The summed E-state index contributed by atoms with van der Waals surface area (Å²) >= 11 is 0. The van der Waals surface area contributed by atoms with Crippen molar-refractivity contribution in [1.29, 1.82) is 0 Å². The third kappa shape index (κ3) is 3.14. The summed E-state index contributed by atoms with van der Waals surface area (Å²) in [5.41, 5.74) is 3.47. The van der Waals surface area contributed by atoms with E-state index in [1.165, 1.54) is 17.2 Å². The molecule has 0 bridgehead atoms. The highest BCUT2D eigenvalue weighted by Gasteiger charge is 2.22. The van der Waals surface area contributed by atoms with Gasteiger partial charge in [-0.15, -0.1) is 0 Å². The highest BCUT2D eigenvalue weighted by atomic mass is 19.1. The zero-order valence-corrected chi connectivity index (χ0v) is 12.3. The first kappa shape index (κ1) is 14.2. The van der Waals surface area contributed by atoms with Crippen LogP contribution in [0.4, 0.5) is 4.39 Å². The maximum Gasteiger partial charge on any atom is 0.127 e. The van der Waals surface area contributed by atoms with Crippen molar-refractivity contribution in [2.45, 2.75) is 25.6 Å². The number of nitrogens with zero attached hydrogens (tertiary/aromatic N) is 1. The van der Waals surface area contributed by atoms with Gasteiger partial charge in [-0.05, 0) is 37.2 Å². The lowest BCUT2D eigenvalue weighted by atomic mass is 9.98. The Morgan fingerprint density at radius 1 is 1.14 bits per heavy atom. The zero-order valence-electron chi connectivity index (χ0n) is 12.3. The average Bonchev–Trinajstić information content (AvgIpc) is 2.72. The molecule has 1 N–H and O–H groups in total. The molecule has 1 aliphatic rings. The minimum Gasteiger partial charge on any atom is -0.313 e.